The van der Waals surface area contributed by atoms with E-state index in [1.807, 2.05) is 0 Å². The summed E-state index contributed by atoms with van der Waals surface area (Å²) in [7, 11) is 0. The molecule has 2 fully saturated rings. The highest BCUT2D eigenvalue weighted by molar-refractivity contribution is 6.06. The lowest BCUT2D eigenvalue weighted by molar-refractivity contribution is -0.137. The maximum Gasteiger partial charge on any atom is 0.416 e. The van der Waals surface area contributed by atoms with Gasteiger partial charge in [-0.1, -0.05) is 12.1 Å². The molecule has 1 heterocycles. The van der Waals surface area contributed by atoms with Crippen LogP contribution in [-0.4, -0.2) is 27.6 Å². The van der Waals surface area contributed by atoms with Gasteiger partial charge in [0.15, 0.2) is 0 Å². The van der Waals surface area contributed by atoms with Gasteiger partial charge in [0.1, 0.15) is 0 Å². The largest absolute Gasteiger partial charge is 0.416 e. The molecule has 0 radical (unpaired) electrons. The molecule has 6 nitrogen and oxygen atoms in total. The van der Waals surface area contributed by atoms with E-state index in [4.69, 9.17) is 0 Å². The van der Waals surface area contributed by atoms with Gasteiger partial charge in [-0.05, 0) is 62.1 Å². The molecule has 5 rings (SSSR count). The number of amides is 2. The number of aromatic nitrogens is 2. The second kappa shape index (κ2) is 8.06. The lowest BCUT2D eigenvalue weighted by Gasteiger charge is -2.12. The summed E-state index contributed by atoms with van der Waals surface area (Å²) in [4.78, 5) is 25.4. The van der Waals surface area contributed by atoms with Crippen molar-refractivity contribution in [3.8, 4) is 5.69 Å². The van der Waals surface area contributed by atoms with Crippen LogP contribution in [0.3, 0.4) is 0 Å². The molecule has 170 valence electrons. The third-order valence-corrected chi connectivity index (χ3v) is 5.73. The minimum absolute atomic E-state index is 0.0541. The lowest BCUT2D eigenvalue weighted by Crippen LogP contribution is -2.25. The first-order valence-corrected chi connectivity index (χ1v) is 10.8. The van der Waals surface area contributed by atoms with Crippen molar-refractivity contribution in [2.75, 3.05) is 5.32 Å². The summed E-state index contributed by atoms with van der Waals surface area (Å²) < 4.78 is 40.9. The quantitative estimate of drug-likeness (QED) is 0.556. The predicted octanol–water partition coefficient (Wildman–Crippen LogP) is 4.91. The highest BCUT2D eigenvalue weighted by atomic mass is 19.4. The smallest absolute Gasteiger partial charge is 0.349 e. The van der Waals surface area contributed by atoms with Gasteiger partial charge in [0.05, 0.1) is 28.7 Å². The fourth-order valence-corrected chi connectivity index (χ4v) is 3.74. The van der Waals surface area contributed by atoms with Crippen LogP contribution in [0.15, 0.2) is 54.7 Å². The van der Waals surface area contributed by atoms with Gasteiger partial charge in [-0.2, -0.15) is 18.3 Å². The summed E-state index contributed by atoms with van der Waals surface area (Å²) in [6, 6.07) is 11.8. The van der Waals surface area contributed by atoms with E-state index in [-0.39, 0.29) is 23.6 Å². The highest BCUT2D eigenvalue weighted by Gasteiger charge is 2.34. The van der Waals surface area contributed by atoms with Gasteiger partial charge in [0, 0.05) is 23.2 Å². The van der Waals surface area contributed by atoms with Crippen molar-refractivity contribution in [3.63, 3.8) is 0 Å². The van der Waals surface area contributed by atoms with Gasteiger partial charge < -0.3 is 10.6 Å². The summed E-state index contributed by atoms with van der Waals surface area (Å²) in [6.07, 6.45) is 0.528. The molecule has 2 saturated carbocycles. The van der Waals surface area contributed by atoms with E-state index in [0.29, 0.717) is 22.5 Å². The monoisotopic (exact) mass is 454 g/mol. The van der Waals surface area contributed by atoms with E-state index in [1.54, 1.807) is 24.3 Å². The Bertz CT molecular complexity index is 1230. The molecule has 2 N–H and O–H groups in total. The van der Waals surface area contributed by atoms with Crippen LogP contribution >= 0.6 is 0 Å². The minimum atomic E-state index is -4.47. The van der Waals surface area contributed by atoms with Crippen molar-refractivity contribution >= 4 is 17.5 Å². The summed E-state index contributed by atoms with van der Waals surface area (Å²) >= 11 is 0. The number of hydrogen-bond acceptors (Lipinski definition) is 3. The predicted molar refractivity (Wildman–Crippen MR) is 115 cm³/mol. The molecule has 0 spiro atoms. The van der Waals surface area contributed by atoms with Crippen molar-refractivity contribution in [2.45, 2.75) is 43.8 Å². The first kappa shape index (κ1) is 21.2. The molecule has 2 aliphatic carbocycles. The van der Waals surface area contributed by atoms with E-state index in [9.17, 15) is 22.8 Å². The Kier molecular flexibility index (Phi) is 5.19. The normalized spacial score (nSPS) is 15.8. The van der Waals surface area contributed by atoms with Gasteiger partial charge in [0.2, 0.25) is 0 Å². The van der Waals surface area contributed by atoms with Crippen molar-refractivity contribution in [1.82, 2.24) is 15.1 Å². The van der Waals surface area contributed by atoms with Gasteiger partial charge in [0.25, 0.3) is 11.8 Å². The third-order valence-electron chi connectivity index (χ3n) is 5.73. The zero-order valence-electron chi connectivity index (χ0n) is 17.5. The van der Waals surface area contributed by atoms with E-state index in [2.05, 4.69) is 15.7 Å². The van der Waals surface area contributed by atoms with Crippen LogP contribution in [0.2, 0.25) is 0 Å². The van der Waals surface area contributed by atoms with Gasteiger partial charge in [-0.3, -0.25) is 9.59 Å². The summed E-state index contributed by atoms with van der Waals surface area (Å²) in [5, 5.41) is 9.94. The van der Waals surface area contributed by atoms with Crippen LogP contribution in [-0.2, 0) is 6.18 Å². The van der Waals surface area contributed by atoms with Crippen LogP contribution in [0, 0.1) is 0 Å². The molecule has 33 heavy (non-hydrogen) atoms. The van der Waals surface area contributed by atoms with E-state index in [1.165, 1.54) is 23.0 Å². The molecule has 2 amide bonds. The van der Waals surface area contributed by atoms with E-state index in [0.717, 1.165) is 37.8 Å². The Morgan fingerprint density at radius 3 is 2.42 bits per heavy atom. The number of carbonyl (C=O) groups excluding carboxylic acids is 2. The molecule has 2 aliphatic rings. The van der Waals surface area contributed by atoms with Crippen LogP contribution in [0.1, 0.15) is 63.6 Å². The van der Waals surface area contributed by atoms with Gasteiger partial charge in [-0.15, -0.1) is 0 Å². The summed E-state index contributed by atoms with van der Waals surface area (Å²) in [5.74, 6) is -0.557. The first-order valence-electron chi connectivity index (χ1n) is 10.8. The number of nitrogens with one attached hydrogen (secondary N) is 2. The number of benzene rings is 2. The summed E-state index contributed by atoms with van der Waals surface area (Å²) in [5.41, 5.74) is 1.28. The Morgan fingerprint density at radius 2 is 1.73 bits per heavy atom. The van der Waals surface area contributed by atoms with Crippen LogP contribution < -0.4 is 10.6 Å². The molecule has 2 aromatic carbocycles. The van der Waals surface area contributed by atoms with Gasteiger partial charge >= 0.3 is 6.18 Å². The fourth-order valence-electron chi connectivity index (χ4n) is 3.74. The molecule has 3 aromatic rings. The molecule has 9 heteroatoms. The maximum atomic E-state index is 13.2. The molecular formula is C24H21F3N4O2. The van der Waals surface area contributed by atoms with Crippen LogP contribution in [0.4, 0.5) is 18.9 Å². The zero-order valence-corrected chi connectivity index (χ0v) is 17.5. The maximum absolute atomic E-state index is 13.2. The third kappa shape index (κ3) is 4.62. The van der Waals surface area contributed by atoms with Crippen molar-refractivity contribution in [1.29, 1.82) is 0 Å². The minimum Gasteiger partial charge on any atom is -0.349 e. The number of hydrogen-bond donors (Lipinski definition) is 2. The standard InChI is InChI=1S/C24H21F3N4O2/c25-24(26,27)16-4-2-6-19(12-16)31-21(14-7-8-14)20(13-28-31)23(33)30-18-5-1-3-15(11-18)22(32)29-17-9-10-17/h1-6,11-14,17H,7-10H2,(H,29,32)(H,30,33). The molecule has 0 bridgehead atoms. The average Bonchev–Trinajstić information content (AvgIpc) is 3.73. The van der Waals surface area contributed by atoms with Gasteiger partial charge in [-0.25, -0.2) is 4.68 Å². The molecule has 0 atom stereocenters. The number of rotatable bonds is 6. The average molecular weight is 454 g/mol. The Balaban J connectivity index is 1.41. The fraction of sp³-hybridized carbons (Fsp3) is 0.292. The summed E-state index contributed by atoms with van der Waals surface area (Å²) in [6.45, 7) is 0. The Hall–Kier alpha value is -3.62. The van der Waals surface area contributed by atoms with Crippen LogP contribution in [0.25, 0.3) is 5.69 Å². The number of nitrogens with zero attached hydrogens (tertiary/aromatic N) is 2. The highest BCUT2D eigenvalue weighted by Crippen LogP contribution is 2.43. The Labute approximate surface area is 187 Å². The molecule has 1 aromatic heterocycles. The van der Waals surface area contributed by atoms with Crippen molar-refractivity contribution < 1.29 is 22.8 Å². The van der Waals surface area contributed by atoms with Crippen LogP contribution in [0.5, 0.6) is 0 Å². The molecule has 0 unspecified atom stereocenters. The molecule has 0 saturated heterocycles. The molecular weight excluding hydrogens is 433 g/mol. The van der Waals surface area contributed by atoms with E-state index >= 15 is 0 Å². The second-order valence-corrected chi connectivity index (χ2v) is 8.46. The second-order valence-electron chi connectivity index (χ2n) is 8.46. The lowest BCUT2D eigenvalue weighted by atomic mass is 10.1. The SMILES string of the molecule is O=C(NC1CC1)c1cccc(NC(=O)c2cnn(-c3cccc(C(F)(F)F)c3)c2C2CC2)c1. The number of carbonyl (C=O) groups is 2. The molecule has 0 aliphatic heterocycles. The first-order chi connectivity index (χ1) is 15.8. The number of anilines is 1. The van der Waals surface area contributed by atoms with E-state index < -0.39 is 17.6 Å². The number of halogens is 3. The van der Waals surface area contributed by atoms with Crippen molar-refractivity contribution in [3.05, 3.63) is 77.1 Å². The number of alkyl halides is 3. The Morgan fingerprint density at radius 1 is 0.970 bits per heavy atom. The zero-order chi connectivity index (χ0) is 23.2. The topological polar surface area (TPSA) is 76.0 Å². The van der Waals surface area contributed by atoms with Crippen molar-refractivity contribution in [2.24, 2.45) is 0 Å².